The van der Waals surface area contributed by atoms with Gasteiger partial charge < -0.3 is 5.32 Å². The molecule has 1 aliphatic heterocycles. The number of nitrogens with one attached hydrogen (secondary N) is 1. The van der Waals surface area contributed by atoms with E-state index in [1.54, 1.807) is 6.07 Å². The van der Waals surface area contributed by atoms with Gasteiger partial charge in [-0.3, -0.25) is 0 Å². The van der Waals surface area contributed by atoms with Crippen molar-refractivity contribution in [1.82, 2.24) is 0 Å². The largest absolute Gasteiger partial charge is 0.383 e. The van der Waals surface area contributed by atoms with Crippen molar-refractivity contribution in [2.75, 3.05) is 11.9 Å². The number of hydrogen-bond donors (Lipinski definition) is 1. The van der Waals surface area contributed by atoms with Gasteiger partial charge in [-0.15, -0.1) is 11.8 Å². The second-order valence-corrected chi connectivity index (χ2v) is 6.18. The first-order valence-electron chi connectivity index (χ1n) is 4.97. The highest BCUT2D eigenvalue weighted by atomic mass is 79.9. The molecule has 0 aromatic heterocycles. The molecule has 0 fully saturated rings. The lowest BCUT2D eigenvalue weighted by Gasteiger charge is -2.28. The molecule has 0 bridgehead atoms. The van der Waals surface area contributed by atoms with Crippen LogP contribution in [0.2, 0.25) is 0 Å². The fourth-order valence-electron chi connectivity index (χ4n) is 1.55. The summed E-state index contributed by atoms with van der Waals surface area (Å²) in [6.45, 7) is 5.34. The summed E-state index contributed by atoms with van der Waals surface area (Å²) in [4.78, 5) is 1.13. The molecule has 2 rings (SSSR count). The molecular weight excluding hydrogens is 277 g/mol. The summed E-state index contributed by atoms with van der Waals surface area (Å²) in [5, 5.41) is 3.85. The number of hydrogen-bond acceptors (Lipinski definition) is 2. The maximum atomic E-state index is 13.3. The predicted octanol–water partition coefficient (Wildman–Crippen LogP) is 4.13. The van der Waals surface area contributed by atoms with E-state index < -0.39 is 0 Å². The maximum Gasteiger partial charge on any atom is 0.139 e. The van der Waals surface area contributed by atoms with E-state index in [1.807, 2.05) is 17.8 Å². The smallest absolute Gasteiger partial charge is 0.139 e. The van der Waals surface area contributed by atoms with Crippen LogP contribution in [-0.2, 0) is 0 Å². The lowest BCUT2D eigenvalue weighted by atomic mass is 10.1. The number of benzene rings is 1. The highest BCUT2D eigenvalue weighted by molar-refractivity contribution is 9.10. The molecule has 1 aliphatic rings. The number of thioether (sulfide) groups is 1. The van der Waals surface area contributed by atoms with Gasteiger partial charge in [-0.1, -0.05) is 13.8 Å². The Labute approximate surface area is 102 Å². The highest BCUT2D eigenvalue weighted by Gasteiger charge is 2.22. The zero-order valence-electron chi connectivity index (χ0n) is 8.68. The Morgan fingerprint density at radius 2 is 2.27 bits per heavy atom. The monoisotopic (exact) mass is 289 g/mol. The number of halogens is 2. The summed E-state index contributed by atoms with van der Waals surface area (Å²) in [5.74, 6) is 0.421. The van der Waals surface area contributed by atoms with Gasteiger partial charge in [-0.2, -0.15) is 0 Å². The molecule has 4 heteroatoms. The van der Waals surface area contributed by atoms with E-state index in [4.69, 9.17) is 0 Å². The molecule has 1 unspecified atom stereocenters. The molecule has 1 nitrogen and oxygen atoms in total. The van der Waals surface area contributed by atoms with Crippen molar-refractivity contribution in [2.24, 2.45) is 5.92 Å². The molecule has 1 atom stereocenters. The predicted molar refractivity (Wildman–Crippen MR) is 67.1 cm³/mol. The van der Waals surface area contributed by atoms with Crippen molar-refractivity contribution in [2.45, 2.75) is 24.0 Å². The second kappa shape index (κ2) is 4.34. The van der Waals surface area contributed by atoms with Gasteiger partial charge in [0.15, 0.2) is 0 Å². The Balaban J connectivity index is 2.30. The fraction of sp³-hybridized carbons (Fsp3) is 0.455. The summed E-state index contributed by atoms with van der Waals surface area (Å²) < 4.78 is 13.8. The normalized spacial score (nSPS) is 19.9. The molecule has 82 valence electrons. The van der Waals surface area contributed by atoms with Crippen molar-refractivity contribution < 1.29 is 4.39 Å². The quantitative estimate of drug-likeness (QED) is 0.834. The van der Waals surface area contributed by atoms with Gasteiger partial charge >= 0.3 is 0 Å². The summed E-state index contributed by atoms with van der Waals surface area (Å²) in [6, 6.07) is 3.42. The molecule has 0 radical (unpaired) electrons. The molecule has 1 aromatic carbocycles. The number of rotatable bonds is 1. The highest BCUT2D eigenvalue weighted by Crippen LogP contribution is 2.40. The van der Waals surface area contributed by atoms with Crippen molar-refractivity contribution in [3.63, 3.8) is 0 Å². The van der Waals surface area contributed by atoms with Crippen LogP contribution in [0.1, 0.15) is 13.8 Å². The summed E-state index contributed by atoms with van der Waals surface area (Å²) >= 11 is 5.04. The minimum absolute atomic E-state index is 0.204. The Morgan fingerprint density at radius 1 is 1.53 bits per heavy atom. The van der Waals surface area contributed by atoms with E-state index in [2.05, 4.69) is 35.1 Å². The van der Waals surface area contributed by atoms with Crippen LogP contribution in [0.25, 0.3) is 0 Å². The van der Waals surface area contributed by atoms with Crippen LogP contribution >= 0.6 is 27.7 Å². The van der Waals surface area contributed by atoms with E-state index in [0.29, 0.717) is 15.6 Å². The minimum atomic E-state index is -0.204. The van der Waals surface area contributed by atoms with Gasteiger partial charge in [-0.05, 0) is 34.0 Å². The molecule has 0 amide bonds. The Morgan fingerprint density at radius 3 is 2.93 bits per heavy atom. The standard InChI is InChI=1S/C11H13BrFNS/c1-6(2)11-5-14-9-4-8(13)7(12)3-10(9)15-11/h3-4,6,11,14H,5H2,1-2H3. The van der Waals surface area contributed by atoms with Crippen LogP contribution < -0.4 is 5.32 Å². The maximum absolute atomic E-state index is 13.3. The van der Waals surface area contributed by atoms with E-state index in [0.717, 1.165) is 17.1 Å². The van der Waals surface area contributed by atoms with Crippen LogP contribution in [0.3, 0.4) is 0 Å². The third kappa shape index (κ3) is 2.31. The zero-order chi connectivity index (χ0) is 11.0. The van der Waals surface area contributed by atoms with E-state index in [1.165, 1.54) is 0 Å². The Hall–Kier alpha value is -0.220. The van der Waals surface area contributed by atoms with Crippen LogP contribution in [0.15, 0.2) is 21.5 Å². The average Bonchev–Trinajstić information content (AvgIpc) is 2.19. The second-order valence-electron chi connectivity index (χ2n) is 4.04. The molecule has 0 aliphatic carbocycles. The number of fused-ring (bicyclic) bond motifs is 1. The topological polar surface area (TPSA) is 12.0 Å². The van der Waals surface area contributed by atoms with E-state index in [9.17, 15) is 4.39 Å². The van der Waals surface area contributed by atoms with Crippen molar-refractivity contribution in [3.05, 3.63) is 22.4 Å². The summed E-state index contributed by atoms with van der Waals surface area (Å²) in [7, 11) is 0. The van der Waals surface area contributed by atoms with Gasteiger partial charge in [0.25, 0.3) is 0 Å². The molecule has 15 heavy (non-hydrogen) atoms. The number of anilines is 1. The first-order valence-corrected chi connectivity index (χ1v) is 6.64. The molecule has 0 spiro atoms. The lowest BCUT2D eigenvalue weighted by Crippen LogP contribution is -2.25. The molecule has 1 aromatic rings. The van der Waals surface area contributed by atoms with Crippen LogP contribution in [0.5, 0.6) is 0 Å². The van der Waals surface area contributed by atoms with Gasteiger partial charge in [0, 0.05) is 16.7 Å². The Bertz CT molecular complexity index is 381. The van der Waals surface area contributed by atoms with Crippen LogP contribution in [0.4, 0.5) is 10.1 Å². The van der Waals surface area contributed by atoms with Gasteiger partial charge in [-0.25, -0.2) is 4.39 Å². The molecule has 1 heterocycles. The molecule has 1 N–H and O–H groups in total. The van der Waals surface area contributed by atoms with Crippen molar-refractivity contribution in [1.29, 1.82) is 0 Å². The van der Waals surface area contributed by atoms with Gasteiger partial charge in [0.2, 0.25) is 0 Å². The van der Waals surface area contributed by atoms with Crippen molar-refractivity contribution in [3.8, 4) is 0 Å². The molecule has 0 saturated carbocycles. The molecular formula is C11H13BrFNS. The Kier molecular flexibility index (Phi) is 3.26. The fourth-order valence-corrected chi connectivity index (χ4v) is 3.26. The van der Waals surface area contributed by atoms with E-state index >= 15 is 0 Å². The lowest BCUT2D eigenvalue weighted by molar-refractivity contribution is 0.610. The third-order valence-corrected chi connectivity index (χ3v) is 4.75. The van der Waals surface area contributed by atoms with E-state index in [-0.39, 0.29) is 5.82 Å². The third-order valence-electron chi connectivity index (χ3n) is 2.54. The summed E-state index contributed by atoms with van der Waals surface area (Å²) in [5.41, 5.74) is 0.914. The zero-order valence-corrected chi connectivity index (χ0v) is 11.1. The van der Waals surface area contributed by atoms with Crippen LogP contribution in [-0.4, -0.2) is 11.8 Å². The van der Waals surface area contributed by atoms with Crippen molar-refractivity contribution >= 4 is 33.4 Å². The first-order chi connectivity index (χ1) is 7.08. The first kappa shape index (κ1) is 11.3. The molecule has 0 saturated heterocycles. The van der Waals surface area contributed by atoms with Gasteiger partial charge in [0.05, 0.1) is 10.2 Å². The SMILES string of the molecule is CC(C)C1CNc2cc(F)c(Br)cc2S1. The minimum Gasteiger partial charge on any atom is -0.383 e. The summed E-state index contributed by atoms with van der Waals surface area (Å²) in [6.07, 6.45) is 0. The van der Waals surface area contributed by atoms with Crippen LogP contribution in [0, 0.1) is 11.7 Å². The van der Waals surface area contributed by atoms with Gasteiger partial charge in [0.1, 0.15) is 5.82 Å². The average molecular weight is 290 g/mol.